The number of hydrogen-bond donors (Lipinski definition) is 0. The Morgan fingerprint density at radius 3 is 1.52 bits per heavy atom. The fourth-order valence-corrected chi connectivity index (χ4v) is 10.7. The van der Waals surface area contributed by atoms with Gasteiger partial charge < -0.3 is 27.6 Å². The molecule has 10 nitrogen and oxygen atoms in total. The minimum absolute atomic E-state index is 0.308. The molecular weight excluding hydrogens is 834 g/mol. The summed E-state index contributed by atoms with van der Waals surface area (Å²) in [4.78, 5) is 10.2. The van der Waals surface area contributed by atoms with Crippen molar-refractivity contribution in [1.82, 2.24) is 18.9 Å². The Labute approximate surface area is 374 Å². The summed E-state index contributed by atoms with van der Waals surface area (Å²) >= 11 is 2.88. The van der Waals surface area contributed by atoms with Crippen LogP contribution in [0, 0.1) is 29.6 Å². The maximum absolute atomic E-state index is 11.7. The van der Waals surface area contributed by atoms with Gasteiger partial charge in [-0.1, -0.05) is 103 Å². The lowest BCUT2D eigenvalue weighted by Crippen LogP contribution is -2.45. The Morgan fingerprint density at radius 1 is 0.547 bits per heavy atom. The number of benzene rings is 6. The summed E-state index contributed by atoms with van der Waals surface area (Å²) in [5.41, 5.74) is 6.33. The van der Waals surface area contributed by atoms with Gasteiger partial charge in [0.2, 0.25) is 0 Å². The number of aromatic nitrogens is 4. The average molecular weight is 865 g/mol. The van der Waals surface area contributed by atoms with Crippen molar-refractivity contribution in [3.8, 4) is 46.4 Å². The highest BCUT2D eigenvalue weighted by Gasteiger charge is 2.45. The van der Waals surface area contributed by atoms with E-state index in [0.29, 0.717) is 77.7 Å². The Kier molecular flexibility index (Phi) is 8.90. The molecule has 0 saturated heterocycles. The molecule has 0 fully saturated rings. The van der Waals surface area contributed by atoms with Crippen molar-refractivity contribution >= 4 is 79.5 Å². The molecule has 0 saturated carbocycles. The molecule has 0 aliphatic carbocycles. The first kappa shape index (κ1) is 37.7. The predicted octanol–water partition coefficient (Wildman–Crippen LogP) is 9.28. The topological polar surface area (TPSA) is 120 Å². The molecule has 0 atom stereocenters. The lowest BCUT2D eigenvalue weighted by atomic mass is 9.99. The van der Waals surface area contributed by atoms with Gasteiger partial charge in [-0.3, -0.25) is 0 Å². The highest BCUT2D eigenvalue weighted by molar-refractivity contribution is 7.20. The van der Waals surface area contributed by atoms with Gasteiger partial charge in [0.25, 0.3) is 0 Å². The molecule has 14 heteroatoms. The Balaban J connectivity index is 1.34. The first-order valence-corrected chi connectivity index (χ1v) is 22.2. The standard InChI is InChI=1S/C50H30B2N6O4S2/c1-30-15-5-6-18-32(30)46-45-44(47(58(46)52-61-40-23-11-12-24-41(40)62-52)33(28-53)49-55-35-19-7-13-25-42(35)63-49)37(27-31-16-3-2-4-17-31)57(51-59-38-21-9-10-22-39(38)60-51)48(45)34(29-54)50-56-36-20-8-14-26-43(36)64-50/h2-26H,27H2,1H3/b47-33-,48-34-. The van der Waals surface area contributed by atoms with Crippen LogP contribution in [-0.4, -0.2) is 33.4 Å². The molecule has 0 amide bonds. The van der Waals surface area contributed by atoms with Gasteiger partial charge in [0, 0.05) is 28.5 Å². The van der Waals surface area contributed by atoms with Crippen LogP contribution in [0.25, 0.3) is 53.6 Å². The summed E-state index contributed by atoms with van der Waals surface area (Å²) in [5.74, 6) is 2.25. The molecule has 12 rings (SSSR count). The zero-order valence-electron chi connectivity index (χ0n) is 33.9. The van der Waals surface area contributed by atoms with Crippen LogP contribution >= 0.6 is 22.7 Å². The lowest BCUT2D eigenvalue weighted by molar-refractivity contribution is 0.476. The van der Waals surface area contributed by atoms with Gasteiger partial charge in [0.15, 0.2) is 0 Å². The van der Waals surface area contributed by atoms with Gasteiger partial charge >= 0.3 is 14.5 Å². The van der Waals surface area contributed by atoms with Gasteiger partial charge in [-0.2, -0.15) is 10.5 Å². The van der Waals surface area contributed by atoms with E-state index in [1.165, 1.54) is 22.7 Å². The third kappa shape index (κ3) is 5.99. The van der Waals surface area contributed by atoms with Crippen LogP contribution in [0.15, 0.2) is 152 Å². The number of rotatable bonds is 7. The fourth-order valence-electron chi connectivity index (χ4n) is 8.82. The molecule has 6 heterocycles. The first-order valence-electron chi connectivity index (χ1n) is 20.6. The monoisotopic (exact) mass is 864 g/mol. The number of aryl methyl sites for hydroxylation is 1. The van der Waals surface area contributed by atoms with Crippen LogP contribution in [0.2, 0.25) is 0 Å². The summed E-state index contributed by atoms with van der Waals surface area (Å²) in [7, 11) is -2.13. The summed E-state index contributed by atoms with van der Waals surface area (Å²) in [6.07, 6.45) is 0.352. The predicted molar refractivity (Wildman–Crippen MR) is 252 cm³/mol. The largest absolute Gasteiger partial charge is 0.743 e. The van der Waals surface area contributed by atoms with Crippen LogP contribution in [0.1, 0.15) is 26.8 Å². The molecular formula is C50H30B2N6O4S2. The summed E-state index contributed by atoms with van der Waals surface area (Å²) in [6.45, 7) is 2.05. The van der Waals surface area contributed by atoms with E-state index in [-0.39, 0.29) is 0 Å². The third-order valence-electron chi connectivity index (χ3n) is 11.6. The second-order valence-electron chi connectivity index (χ2n) is 15.4. The van der Waals surface area contributed by atoms with E-state index >= 15 is 0 Å². The molecule has 10 aromatic rings. The molecule has 0 bridgehead atoms. The van der Waals surface area contributed by atoms with Gasteiger partial charge in [0.05, 0.1) is 36.8 Å². The second kappa shape index (κ2) is 15.1. The molecule has 4 aromatic heterocycles. The van der Waals surface area contributed by atoms with E-state index < -0.39 is 14.5 Å². The maximum atomic E-state index is 11.7. The Bertz CT molecular complexity index is 3540. The highest BCUT2D eigenvalue weighted by Crippen LogP contribution is 2.40. The number of nitrogens with zero attached hydrogens (tertiary/aromatic N) is 6. The average Bonchev–Trinajstić information content (AvgIpc) is 4.19. The molecule has 302 valence electrons. The van der Waals surface area contributed by atoms with Crippen LogP contribution in [0.5, 0.6) is 23.0 Å². The zero-order valence-corrected chi connectivity index (χ0v) is 35.6. The van der Waals surface area contributed by atoms with Crippen molar-refractivity contribution in [2.24, 2.45) is 0 Å². The maximum Gasteiger partial charge on any atom is 0.743 e. The number of para-hydroxylation sites is 6. The zero-order chi connectivity index (χ0) is 42.9. The minimum atomic E-state index is -1.07. The van der Waals surface area contributed by atoms with Gasteiger partial charge in [-0.25, -0.2) is 9.97 Å². The van der Waals surface area contributed by atoms with Crippen molar-refractivity contribution in [2.45, 2.75) is 13.3 Å². The quantitative estimate of drug-likeness (QED) is 0.146. The SMILES string of the molecule is Cc1ccccc1-c1c2/c(=C(\C#N)c3nc4ccccc4s3)n(B3Oc4ccccc4O3)c(Cc3ccccc3)c2/c(=C(\C#N)c2nc3ccccc3s2)n1B1Oc2ccccc2O1. The highest BCUT2D eigenvalue weighted by atomic mass is 32.1. The van der Waals surface area contributed by atoms with Gasteiger partial charge in [-0.05, 0) is 66.6 Å². The van der Waals surface area contributed by atoms with Gasteiger partial charge in [-0.15, -0.1) is 22.7 Å². The molecule has 0 unspecified atom stereocenters. The number of nitriles is 2. The van der Waals surface area contributed by atoms with Crippen molar-refractivity contribution in [1.29, 1.82) is 10.5 Å². The van der Waals surface area contributed by atoms with Gasteiger partial charge in [0.1, 0.15) is 56.3 Å². The van der Waals surface area contributed by atoms with Crippen molar-refractivity contribution < 1.29 is 18.6 Å². The van der Waals surface area contributed by atoms with E-state index in [1.54, 1.807) is 0 Å². The molecule has 6 aromatic carbocycles. The van der Waals surface area contributed by atoms with E-state index in [2.05, 4.69) is 43.3 Å². The summed E-state index contributed by atoms with van der Waals surface area (Å²) < 4.78 is 32.9. The molecule has 0 N–H and O–H groups in total. The summed E-state index contributed by atoms with van der Waals surface area (Å²) in [5, 5.41) is 26.7. The minimum Gasteiger partial charge on any atom is -0.503 e. The molecule has 0 spiro atoms. The fraction of sp³-hybridized carbons (Fsp3) is 0.0400. The lowest BCUT2D eigenvalue weighted by Gasteiger charge is -2.17. The molecule has 2 aliphatic rings. The normalized spacial score (nSPS) is 13.7. The van der Waals surface area contributed by atoms with Crippen LogP contribution < -0.4 is 29.3 Å². The molecule has 2 aliphatic heterocycles. The van der Waals surface area contributed by atoms with Crippen LogP contribution in [0.3, 0.4) is 0 Å². The van der Waals surface area contributed by atoms with Crippen molar-refractivity contribution in [2.75, 3.05) is 0 Å². The second-order valence-corrected chi connectivity index (χ2v) is 17.4. The number of thiazole rings is 2. The molecule has 0 radical (unpaired) electrons. The number of fused-ring (bicyclic) bond motifs is 5. The smallest absolute Gasteiger partial charge is 0.503 e. The van der Waals surface area contributed by atoms with E-state index in [9.17, 15) is 10.5 Å². The Hall–Kier alpha value is -8.03. The summed E-state index contributed by atoms with van der Waals surface area (Å²) in [6, 6.07) is 54.3. The van der Waals surface area contributed by atoms with Crippen molar-refractivity contribution in [3.63, 3.8) is 0 Å². The van der Waals surface area contributed by atoms with Crippen LogP contribution in [0.4, 0.5) is 0 Å². The Morgan fingerprint density at radius 2 is 1.00 bits per heavy atom. The van der Waals surface area contributed by atoms with E-state index in [1.807, 2.05) is 136 Å². The van der Waals surface area contributed by atoms with E-state index in [0.717, 1.165) is 42.8 Å². The van der Waals surface area contributed by atoms with E-state index in [4.69, 9.17) is 28.6 Å². The first-order chi connectivity index (χ1) is 31.6. The third-order valence-corrected chi connectivity index (χ3v) is 13.7. The molecule has 64 heavy (non-hydrogen) atoms. The number of hydrogen-bond acceptors (Lipinski definition) is 10. The van der Waals surface area contributed by atoms with Crippen molar-refractivity contribution in [3.05, 3.63) is 189 Å². The van der Waals surface area contributed by atoms with Crippen LogP contribution in [-0.2, 0) is 6.42 Å².